The molecule has 7 nitrogen and oxygen atoms in total. The van der Waals surface area contributed by atoms with Gasteiger partial charge in [-0.1, -0.05) is 11.2 Å². The second kappa shape index (κ2) is 7.78. The minimum atomic E-state index is -0.961. The minimum absolute atomic E-state index is 0.163. The van der Waals surface area contributed by atoms with Crippen molar-refractivity contribution in [1.82, 2.24) is 15.1 Å². The Morgan fingerprint density at radius 3 is 2.56 bits per heavy atom. The van der Waals surface area contributed by atoms with Gasteiger partial charge >= 0.3 is 5.97 Å². The molecule has 0 aromatic carbocycles. The summed E-state index contributed by atoms with van der Waals surface area (Å²) in [4.78, 5) is 25.1. The fourth-order valence-electron chi connectivity index (χ4n) is 3.46. The molecule has 0 radical (unpaired) electrons. The summed E-state index contributed by atoms with van der Waals surface area (Å²) >= 11 is -0.961. The lowest BCUT2D eigenvalue weighted by atomic mass is 9.89. The molecule has 0 bridgehead atoms. The Bertz CT molecular complexity index is 613. The summed E-state index contributed by atoms with van der Waals surface area (Å²) in [6.45, 7) is 0.399. The van der Waals surface area contributed by atoms with Crippen LogP contribution in [0.1, 0.15) is 36.2 Å². The fraction of sp³-hybridized carbons (Fsp3) is 0.706. The highest BCUT2D eigenvalue weighted by Crippen LogP contribution is 2.50. The highest BCUT2D eigenvalue weighted by molar-refractivity contribution is 7.90. The van der Waals surface area contributed by atoms with Crippen LogP contribution in [-0.2, 0) is 27.3 Å². The number of nitrogens with zero attached hydrogens (tertiary/aromatic N) is 2. The van der Waals surface area contributed by atoms with Crippen molar-refractivity contribution in [2.75, 3.05) is 19.1 Å². The second-order valence-electron chi connectivity index (χ2n) is 6.94. The number of aryl methyl sites for hydroxylation is 1. The largest absolute Gasteiger partial charge is 0.617 e. The van der Waals surface area contributed by atoms with Gasteiger partial charge in [0.2, 0.25) is 0 Å². The molecule has 2 saturated carbocycles. The maximum atomic E-state index is 12.7. The first-order chi connectivity index (χ1) is 12.0. The predicted molar refractivity (Wildman–Crippen MR) is 93.4 cm³/mol. The van der Waals surface area contributed by atoms with Crippen LogP contribution in [0.25, 0.3) is 0 Å². The van der Waals surface area contributed by atoms with Gasteiger partial charge in [-0.25, -0.2) is 4.79 Å². The van der Waals surface area contributed by atoms with Gasteiger partial charge in [0.1, 0.15) is 17.5 Å². The number of hydrogen-bond donors (Lipinski definition) is 1. The third-order valence-corrected chi connectivity index (χ3v) is 5.76. The first kappa shape index (κ1) is 18.3. The van der Waals surface area contributed by atoms with Gasteiger partial charge in [-0.05, 0) is 49.5 Å². The lowest BCUT2D eigenvalue weighted by Crippen LogP contribution is -2.48. The molecule has 1 heterocycles. The van der Waals surface area contributed by atoms with Gasteiger partial charge in [0.15, 0.2) is 0 Å². The molecule has 2 atom stereocenters. The van der Waals surface area contributed by atoms with Crippen molar-refractivity contribution in [2.45, 2.75) is 38.3 Å². The van der Waals surface area contributed by atoms with Crippen LogP contribution in [0.3, 0.4) is 0 Å². The number of methoxy groups -OCH3 is 1. The van der Waals surface area contributed by atoms with Crippen molar-refractivity contribution < 1.29 is 18.9 Å². The topological polar surface area (TPSA) is 96.3 Å². The summed E-state index contributed by atoms with van der Waals surface area (Å²) in [5.74, 6) is 0.887. The SMILES string of the molecule is COC(=O)[C@@H](NC(=O)c1ccnn1CC[S+](C)[O-])C(C1CC1)C1CC1. The van der Waals surface area contributed by atoms with Crippen LogP contribution < -0.4 is 5.32 Å². The molecular weight excluding hydrogens is 342 g/mol. The number of carbonyl (C=O) groups excluding carboxylic acids is 2. The number of rotatable bonds is 9. The van der Waals surface area contributed by atoms with Gasteiger partial charge in [-0.2, -0.15) is 5.10 Å². The number of hydrogen-bond acceptors (Lipinski definition) is 5. The Balaban J connectivity index is 1.72. The third-order valence-electron chi connectivity index (χ3n) is 5.00. The Hall–Kier alpha value is -1.54. The summed E-state index contributed by atoms with van der Waals surface area (Å²) in [6, 6.07) is 1.01. The summed E-state index contributed by atoms with van der Waals surface area (Å²) in [7, 11) is 1.36. The molecule has 8 heteroatoms. The normalized spacial score (nSPS) is 19.5. The second-order valence-corrected chi connectivity index (χ2v) is 8.50. The molecule has 138 valence electrons. The van der Waals surface area contributed by atoms with Crippen LogP contribution in [0.15, 0.2) is 12.3 Å². The van der Waals surface area contributed by atoms with E-state index in [1.165, 1.54) is 11.8 Å². The highest BCUT2D eigenvalue weighted by atomic mass is 32.2. The molecule has 1 unspecified atom stereocenters. The Labute approximate surface area is 150 Å². The molecule has 0 spiro atoms. The lowest BCUT2D eigenvalue weighted by Gasteiger charge is -2.26. The molecular formula is C17H25N3O4S. The number of nitrogens with one attached hydrogen (secondary N) is 1. The smallest absolute Gasteiger partial charge is 0.328 e. The minimum Gasteiger partial charge on any atom is -0.617 e. The number of aromatic nitrogens is 2. The Morgan fingerprint density at radius 1 is 1.40 bits per heavy atom. The van der Waals surface area contributed by atoms with Gasteiger partial charge in [0.25, 0.3) is 5.91 Å². The van der Waals surface area contributed by atoms with Crippen molar-refractivity contribution in [2.24, 2.45) is 17.8 Å². The van der Waals surface area contributed by atoms with Crippen molar-refractivity contribution >= 4 is 23.1 Å². The van der Waals surface area contributed by atoms with E-state index in [0.717, 1.165) is 25.7 Å². The molecule has 1 aromatic heterocycles. The molecule has 2 aliphatic rings. The third kappa shape index (κ3) is 4.55. The molecule has 0 aliphatic heterocycles. The summed E-state index contributed by atoms with van der Waals surface area (Å²) in [5.41, 5.74) is 0.379. The molecule has 1 aromatic rings. The van der Waals surface area contributed by atoms with Gasteiger partial charge in [-0.3, -0.25) is 9.48 Å². The van der Waals surface area contributed by atoms with E-state index in [2.05, 4.69) is 10.4 Å². The van der Waals surface area contributed by atoms with Gasteiger partial charge in [0, 0.05) is 6.20 Å². The van der Waals surface area contributed by atoms with Crippen LogP contribution in [0.4, 0.5) is 0 Å². The molecule has 2 fully saturated rings. The zero-order chi connectivity index (χ0) is 18.0. The van der Waals surface area contributed by atoms with E-state index in [-0.39, 0.29) is 17.8 Å². The van der Waals surface area contributed by atoms with Crippen LogP contribution >= 0.6 is 0 Å². The average molecular weight is 367 g/mol. The predicted octanol–water partition coefficient (Wildman–Crippen LogP) is 0.969. The monoisotopic (exact) mass is 367 g/mol. The first-order valence-electron chi connectivity index (χ1n) is 8.71. The molecule has 1 N–H and O–H groups in total. The van der Waals surface area contributed by atoms with Gasteiger partial charge < -0.3 is 14.6 Å². The van der Waals surface area contributed by atoms with Crippen LogP contribution in [0.5, 0.6) is 0 Å². The summed E-state index contributed by atoms with van der Waals surface area (Å²) in [5, 5.41) is 7.02. The zero-order valence-corrected chi connectivity index (χ0v) is 15.5. The van der Waals surface area contributed by atoms with E-state index >= 15 is 0 Å². The summed E-state index contributed by atoms with van der Waals surface area (Å²) < 4.78 is 17.8. The maximum Gasteiger partial charge on any atom is 0.328 e. The van der Waals surface area contributed by atoms with Crippen molar-refractivity contribution in [3.8, 4) is 0 Å². The molecule has 3 rings (SSSR count). The van der Waals surface area contributed by atoms with E-state index in [1.54, 1.807) is 18.5 Å². The van der Waals surface area contributed by atoms with Gasteiger partial charge in [0.05, 0.1) is 19.9 Å². The Morgan fingerprint density at radius 2 is 2.04 bits per heavy atom. The molecule has 0 saturated heterocycles. The zero-order valence-electron chi connectivity index (χ0n) is 14.6. The van der Waals surface area contributed by atoms with Crippen LogP contribution in [-0.4, -0.2) is 51.4 Å². The molecule has 1 amide bonds. The first-order valence-corrected chi connectivity index (χ1v) is 10.4. The van der Waals surface area contributed by atoms with E-state index in [1.807, 2.05) is 0 Å². The van der Waals surface area contributed by atoms with E-state index in [0.29, 0.717) is 29.8 Å². The van der Waals surface area contributed by atoms with Crippen LogP contribution in [0, 0.1) is 17.8 Å². The van der Waals surface area contributed by atoms with Crippen molar-refractivity contribution in [3.63, 3.8) is 0 Å². The van der Waals surface area contributed by atoms with E-state index in [4.69, 9.17) is 4.74 Å². The van der Waals surface area contributed by atoms with Crippen molar-refractivity contribution in [1.29, 1.82) is 0 Å². The number of ether oxygens (including phenoxy) is 1. The lowest BCUT2D eigenvalue weighted by molar-refractivity contribution is -0.145. The Kier molecular flexibility index (Phi) is 5.68. The quantitative estimate of drug-likeness (QED) is 0.518. The molecule has 25 heavy (non-hydrogen) atoms. The fourth-order valence-corrected chi connectivity index (χ4v) is 3.89. The van der Waals surface area contributed by atoms with E-state index in [9.17, 15) is 14.1 Å². The molecule has 2 aliphatic carbocycles. The van der Waals surface area contributed by atoms with Crippen molar-refractivity contribution in [3.05, 3.63) is 18.0 Å². The van der Waals surface area contributed by atoms with Crippen LogP contribution in [0.2, 0.25) is 0 Å². The number of amides is 1. The summed E-state index contributed by atoms with van der Waals surface area (Å²) in [6.07, 6.45) is 7.62. The van der Waals surface area contributed by atoms with E-state index < -0.39 is 17.2 Å². The standard InChI is InChI=1S/C17H25N3O4S/c1-24-17(22)15(14(11-3-4-11)12-5-6-12)19-16(21)13-7-8-18-20(13)9-10-25(2)23/h7-8,11-12,14-15H,3-6,9-10H2,1-2H3,(H,19,21)/t15-,25?/m0/s1. The highest BCUT2D eigenvalue weighted by Gasteiger charge is 2.48. The number of carbonyl (C=O) groups is 2. The number of esters is 1. The van der Waals surface area contributed by atoms with Gasteiger partial charge in [-0.15, -0.1) is 0 Å². The average Bonchev–Trinajstić information content (AvgIpc) is 3.52. The maximum absolute atomic E-state index is 12.7.